The van der Waals surface area contributed by atoms with Crippen LogP contribution < -0.4 is 10.5 Å². The van der Waals surface area contributed by atoms with E-state index in [1.165, 1.54) is 22.3 Å². The van der Waals surface area contributed by atoms with Gasteiger partial charge < -0.3 is 10.5 Å². The first-order valence-electron chi connectivity index (χ1n) is 7.01. The van der Waals surface area contributed by atoms with Gasteiger partial charge in [-0.25, -0.2) is 0 Å². The fourth-order valence-electron chi connectivity index (χ4n) is 2.76. The fourth-order valence-corrected chi connectivity index (χ4v) is 2.76. The molecule has 2 aromatic carbocycles. The first-order chi connectivity index (χ1) is 9.49. The number of benzene rings is 2. The lowest BCUT2D eigenvalue weighted by molar-refractivity contribution is 0.288. The second-order valence-corrected chi connectivity index (χ2v) is 5.50. The molecule has 2 nitrogen and oxygen atoms in total. The quantitative estimate of drug-likeness (QED) is 0.910. The Labute approximate surface area is 121 Å². The molecule has 1 atom stereocenters. The van der Waals surface area contributed by atoms with Gasteiger partial charge in [0, 0.05) is 0 Å². The van der Waals surface area contributed by atoms with E-state index in [0.29, 0.717) is 6.61 Å². The third-order valence-corrected chi connectivity index (χ3v) is 3.62. The van der Waals surface area contributed by atoms with E-state index < -0.39 is 0 Å². The van der Waals surface area contributed by atoms with Crippen molar-refractivity contribution in [1.82, 2.24) is 0 Å². The van der Waals surface area contributed by atoms with Crippen LogP contribution >= 0.6 is 0 Å². The largest absolute Gasteiger partial charge is 0.491 e. The Kier molecular flexibility index (Phi) is 4.46. The molecule has 2 aromatic rings. The number of ether oxygens (including phenoxy) is 1. The number of nitrogens with two attached hydrogens (primary N) is 1. The highest BCUT2D eigenvalue weighted by Gasteiger charge is 2.13. The second kappa shape index (κ2) is 6.10. The summed E-state index contributed by atoms with van der Waals surface area (Å²) in [6.45, 7) is 8.88. The zero-order valence-electron chi connectivity index (χ0n) is 12.7. The number of para-hydroxylation sites is 1. The molecule has 0 amide bonds. The molecular weight excluding hydrogens is 246 g/mol. The van der Waals surface area contributed by atoms with Crippen molar-refractivity contribution in [2.45, 2.75) is 33.7 Å². The van der Waals surface area contributed by atoms with E-state index in [2.05, 4.69) is 32.9 Å². The van der Waals surface area contributed by atoms with E-state index in [1.807, 2.05) is 31.2 Å². The minimum Gasteiger partial charge on any atom is -0.491 e. The summed E-state index contributed by atoms with van der Waals surface area (Å²) in [6, 6.07) is 12.3. The molecule has 106 valence electrons. The third kappa shape index (κ3) is 3.20. The average Bonchev–Trinajstić information content (AvgIpc) is 2.36. The highest BCUT2D eigenvalue weighted by molar-refractivity contribution is 5.40. The third-order valence-electron chi connectivity index (χ3n) is 3.62. The lowest BCUT2D eigenvalue weighted by atomic mass is 9.95. The van der Waals surface area contributed by atoms with E-state index in [-0.39, 0.29) is 6.04 Å². The van der Waals surface area contributed by atoms with Crippen LogP contribution in [0.4, 0.5) is 0 Å². The van der Waals surface area contributed by atoms with Crippen LogP contribution in [0, 0.1) is 27.7 Å². The van der Waals surface area contributed by atoms with Gasteiger partial charge >= 0.3 is 0 Å². The van der Waals surface area contributed by atoms with E-state index in [9.17, 15) is 0 Å². The maximum atomic E-state index is 6.32. The van der Waals surface area contributed by atoms with Gasteiger partial charge in [-0.15, -0.1) is 0 Å². The Hall–Kier alpha value is -1.80. The molecule has 0 fully saturated rings. The van der Waals surface area contributed by atoms with E-state index in [1.54, 1.807) is 0 Å². The van der Waals surface area contributed by atoms with Gasteiger partial charge in [-0.3, -0.25) is 0 Å². The van der Waals surface area contributed by atoms with Crippen molar-refractivity contribution in [2.75, 3.05) is 6.61 Å². The van der Waals surface area contributed by atoms with Crippen LogP contribution in [-0.4, -0.2) is 6.61 Å². The number of hydrogen-bond acceptors (Lipinski definition) is 2. The molecule has 0 heterocycles. The molecule has 1 unspecified atom stereocenters. The van der Waals surface area contributed by atoms with Crippen molar-refractivity contribution in [3.05, 3.63) is 64.2 Å². The van der Waals surface area contributed by atoms with Crippen molar-refractivity contribution in [1.29, 1.82) is 0 Å². The molecule has 2 heteroatoms. The van der Waals surface area contributed by atoms with Gasteiger partial charge in [0.2, 0.25) is 0 Å². The maximum absolute atomic E-state index is 6.32. The zero-order valence-corrected chi connectivity index (χ0v) is 12.7. The van der Waals surface area contributed by atoms with Crippen molar-refractivity contribution < 1.29 is 4.74 Å². The highest BCUT2D eigenvalue weighted by atomic mass is 16.5. The summed E-state index contributed by atoms with van der Waals surface area (Å²) in [5.74, 6) is 0.908. The van der Waals surface area contributed by atoms with Gasteiger partial charge in [0.05, 0.1) is 6.04 Å². The molecule has 0 saturated carbocycles. The molecule has 0 bridgehead atoms. The van der Waals surface area contributed by atoms with Gasteiger partial charge in [0.15, 0.2) is 0 Å². The molecular formula is C18H23NO. The van der Waals surface area contributed by atoms with Crippen LogP contribution in [0.3, 0.4) is 0 Å². The average molecular weight is 269 g/mol. The summed E-state index contributed by atoms with van der Waals surface area (Å²) < 4.78 is 5.87. The van der Waals surface area contributed by atoms with Gasteiger partial charge in [0.1, 0.15) is 12.4 Å². The Morgan fingerprint density at radius 3 is 2.15 bits per heavy atom. The molecule has 0 aliphatic carbocycles. The highest BCUT2D eigenvalue weighted by Crippen LogP contribution is 2.24. The normalized spacial score (nSPS) is 12.2. The molecule has 0 spiro atoms. The van der Waals surface area contributed by atoms with Crippen molar-refractivity contribution in [3.63, 3.8) is 0 Å². The first kappa shape index (κ1) is 14.6. The molecule has 0 aromatic heterocycles. The van der Waals surface area contributed by atoms with Crippen LogP contribution in [-0.2, 0) is 0 Å². The van der Waals surface area contributed by atoms with Crippen LogP contribution in [0.2, 0.25) is 0 Å². The number of hydrogen-bond donors (Lipinski definition) is 1. The van der Waals surface area contributed by atoms with E-state index in [0.717, 1.165) is 11.3 Å². The Balaban J connectivity index is 2.13. The standard InChI is InChI=1S/C18H23NO/c1-12-9-14(3)18(15(4)10-12)16(19)11-20-17-8-6-5-7-13(17)2/h5-10,16H,11,19H2,1-4H3. The minimum atomic E-state index is -0.102. The number of rotatable bonds is 4. The van der Waals surface area contributed by atoms with Gasteiger partial charge in [0.25, 0.3) is 0 Å². The van der Waals surface area contributed by atoms with Gasteiger partial charge in [-0.05, 0) is 56.0 Å². The minimum absolute atomic E-state index is 0.102. The summed E-state index contributed by atoms with van der Waals surface area (Å²) in [5.41, 5.74) is 12.4. The van der Waals surface area contributed by atoms with E-state index >= 15 is 0 Å². The summed E-state index contributed by atoms with van der Waals surface area (Å²) >= 11 is 0. The van der Waals surface area contributed by atoms with Crippen LogP contribution in [0.1, 0.15) is 33.9 Å². The first-order valence-corrected chi connectivity index (χ1v) is 7.01. The number of aryl methyl sites for hydroxylation is 4. The molecule has 0 saturated heterocycles. The molecule has 0 aliphatic rings. The van der Waals surface area contributed by atoms with E-state index in [4.69, 9.17) is 10.5 Å². The maximum Gasteiger partial charge on any atom is 0.122 e. The van der Waals surface area contributed by atoms with Crippen LogP contribution in [0.15, 0.2) is 36.4 Å². The molecule has 0 radical (unpaired) electrons. The van der Waals surface area contributed by atoms with Crippen molar-refractivity contribution in [3.8, 4) is 5.75 Å². The van der Waals surface area contributed by atoms with Crippen molar-refractivity contribution in [2.24, 2.45) is 5.73 Å². The van der Waals surface area contributed by atoms with Crippen molar-refractivity contribution >= 4 is 0 Å². The topological polar surface area (TPSA) is 35.2 Å². The summed E-state index contributed by atoms with van der Waals surface area (Å²) in [7, 11) is 0. The Bertz CT molecular complexity index is 581. The molecule has 20 heavy (non-hydrogen) atoms. The fraction of sp³-hybridized carbons (Fsp3) is 0.333. The Morgan fingerprint density at radius 2 is 1.55 bits per heavy atom. The summed E-state index contributed by atoms with van der Waals surface area (Å²) in [6.07, 6.45) is 0. The Morgan fingerprint density at radius 1 is 0.950 bits per heavy atom. The van der Waals surface area contributed by atoms with Crippen LogP contribution in [0.25, 0.3) is 0 Å². The summed E-state index contributed by atoms with van der Waals surface area (Å²) in [5, 5.41) is 0. The predicted molar refractivity (Wildman–Crippen MR) is 84.3 cm³/mol. The zero-order chi connectivity index (χ0) is 14.7. The molecule has 0 aliphatic heterocycles. The van der Waals surface area contributed by atoms with Gasteiger partial charge in [-0.1, -0.05) is 35.9 Å². The van der Waals surface area contributed by atoms with Crippen LogP contribution in [0.5, 0.6) is 5.75 Å². The summed E-state index contributed by atoms with van der Waals surface area (Å²) in [4.78, 5) is 0. The smallest absolute Gasteiger partial charge is 0.122 e. The van der Waals surface area contributed by atoms with Gasteiger partial charge in [-0.2, -0.15) is 0 Å². The predicted octanol–water partition coefficient (Wildman–Crippen LogP) is 4.00. The molecule has 2 rings (SSSR count). The lowest BCUT2D eigenvalue weighted by Gasteiger charge is -2.19. The SMILES string of the molecule is Cc1cc(C)c(C(N)COc2ccccc2C)c(C)c1. The lowest BCUT2D eigenvalue weighted by Crippen LogP contribution is -2.21. The molecule has 2 N–H and O–H groups in total. The monoisotopic (exact) mass is 269 g/mol. The second-order valence-electron chi connectivity index (χ2n) is 5.50.